The second-order valence-corrected chi connectivity index (χ2v) is 6.14. The SMILES string of the molecule is CC(C)CCC(=O)NC(CCOC(C)(C)C)C(=O)O. The van der Waals surface area contributed by atoms with Crippen molar-refractivity contribution in [3.05, 3.63) is 0 Å². The molecule has 0 saturated carbocycles. The highest BCUT2D eigenvalue weighted by molar-refractivity contribution is 5.83. The predicted octanol–water partition coefficient (Wildman–Crippen LogP) is 2.20. The van der Waals surface area contributed by atoms with E-state index in [0.29, 0.717) is 18.9 Å². The van der Waals surface area contributed by atoms with E-state index in [1.54, 1.807) is 0 Å². The predicted molar refractivity (Wildman–Crippen MR) is 74.0 cm³/mol. The molecule has 0 saturated heterocycles. The van der Waals surface area contributed by atoms with Crippen LogP contribution in [-0.4, -0.2) is 35.2 Å². The summed E-state index contributed by atoms with van der Waals surface area (Å²) in [5.41, 5.74) is -0.301. The summed E-state index contributed by atoms with van der Waals surface area (Å²) in [7, 11) is 0. The van der Waals surface area contributed by atoms with Crippen LogP contribution in [0.4, 0.5) is 0 Å². The summed E-state index contributed by atoms with van der Waals surface area (Å²) in [6, 6.07) is -0.873. The van der Waals surface area contributed by atoms with Crippen molar-refractivity contribution < 1.29 is 19.4 Å². The Labute approximate surface area is 115 Å². The number of amides is 1. The Balaban J connectivity index is 4.12. The number of nitrogens with one attached hydrogen (secondary N) is 1. The molecule has 0 aliphatic carbocycles. The molecule has 0 aromatic carbocycles. The van der Waals surface area contributed by atoms with E-state index in [1.807, 2.05) is 34.6 Å². The fraction of sp³-hybridized carbons (Fsp3) is 0.857. The molecule has 0 aromatic heterocycles. The average molecular weight is 273 g/mol. The lowest BCUT2D eigenvalue weighted by atomic mass is 10.1. The molecule has 0 heterocycles. The fourth-order valence-corrected chi connectivity index (χ4v) is 1.43. The topological polar surface area (TPSA) is 75.6 Å². The number of carboxylic acids is 1. The van der Waals surface area contributed by atoms with Crippen LogP contribution in [0.1, 0.15) is 53.9 Å². The minimum Gasteiger partial charge on any atom is -0.480 e. The molecule has 112 valence electrons. The van der Waals surface area contributed by atoms with Gasteiger partial charge in [-0.3, -0.25) is 4.79 Å². The Hall–Kier alpha value is -1.10. The van der Waals surface area contributed by atoms with Gasteiger partial charge >= 0.3 is 5.97 Å². The van der Waals surface area contributed by atoms with Crippen molar-refractivity contribution in [3.63, 3.8) is 0 Å². The van der Waals surface area contributed by atoms with Gasteiger partial charge in [-0.05, 0) is 33.1 Å². The van der Waals surface area contributed by atoms with Gasteiger partial charge in [-0.25, -0.2) is 4.79 Å². The van der Waals surface area contributed by atoms with Crippen molar-refractivity contribution >= 4 is 11.9 Å². The van der Waals surface area contributed by atoms with Gasteiger partial charge in [0.05, 0.1) is 5.60 Å². The first kappa shape index (κ1) is 17.9. The normalized spacial score (nSPS) is 13.4. The third kappa shape index (κ3) is 10.5. The number of hydrogen-bond acceptors (Lipinski definition) is 3. The Morgan fingerprint density at radius 1 is 1.21 bits per heavy atom. The maximum absolute atomic E-state index is 11.6. The molecule has 2 N–H and O–H groups in total. The maximum atomic E-state index is 11.6. The van der Waals surface area contributed by atoms with E-state index in [-0.39, 0.29) is 17.9 Å². The van der Waals surface area contributed by atoms with E-state index >= 15 is 0 Å². The van der Waals surface area contributed by atoms with Crippen LogP contribution in [0.2, 0.25) is 0 Å². The zero-order valence-corrected chi connectivity index (χ0v) is 12.7. The van der Waals surface area contributed by atoms with Crippen LogP contribution in [0.25, 0.3) is 0 Å². The molecular formula is C14H27NO4. The average Bonchev–Trinajstić information content (AvgIpc) is 2.23. The molecule has 1 amide bonds. The van der Waals surface area contributed by atoms with Crippen LogP contribution >= 0.6 is 0 Å². The summed E-state index contributed by atoms with van der Waals surface area (Å²) in [5, 5.41) is 11.6. The van der Waals surface area contributed by atoms with E-state index in [1.165, 1.54) is 0 Å². The van der Waals surface area contributed by atoms with Gasteiger partial charge in [0.25, 0.3) is 0 Å². The van der Waals surface area contributed by atoms with E-state index in [2.05, 4.69) is 5.32 Å². The lowest BCUT2D eigenvalue weighted by molar-refractivity contribution is -0.142. The Morgan fingerprint density at radius 3 is 2.21 bits per heavy atom. The van der Waals surface area contributed by atoms with Gasteiger partial charge in [-0.2, -0.15) is 0 Å². The lowest BCUT2D eigenvalue weighted by Crippen LogP contribution is -2.42. The largest absolute Gasteiger partial charge is 0.480 e. The van der Waals surface area contributed by atoms with Crippen molar-refractivity contribution in [3.8, 4) is 0 Å². The number of carboxylic acid groups (broad SMARTS) is 1. The Kier molecular flexibility index (Phi) is 7.68. The van der Waals surface area contributed by atoms with Gasteiger partial charge < -0.3 is 15.2 Å². The van der Waals surface area contributed by atoms with Gasteiger partial charge in [0.2, 0.25) is 5.91 Å². The molecule has 5 nitrogen and oxygen atoms in total. The standard InChI is InChI=1S/C14H27NO4/c1-10(2)6-7-12(16)15-11(13(17)18)8-9-19-14(3,4)5/h10-11H,6-9H2,1-5H3,(H,15,16)(H,17,18). The van der Waals surface area contributed by atoms with E-state index in [9.17, 15) is 9.59 Å². The third-order valence-electron chi connectivity index (χ3n) is 2.52. The van der Waals surface area contributed by atoms with Gasteiger partial charge in [0.1, 0.15) is 6.04 Å². The van der Waals surface area contributed by atoms with Crippen molar-refractivity contribution in [1.29, 1.82) is 0 Å². The first-order valence-corrected chi connectivity index (χ1v) is 6.78. The van der Waals surface area contributed by atoms with Gasteiger partial charge in [-0.1, -0.05) is 13.8 Å². The van der Waals surface area contributed by atoms with E-state index in [4.69, 9.17) is 9.84 Å². The number of carbonyl (C=O) groups is 2. The highest BCUT2D eigenvalue weighted by atomic mass is 16.5. The smallest absolute Gasteiger partial charge is 0.326 e. The van der Waals surface area contributed by atoms with Crippen LogP contribution in [0.5, 0.6) is 0 Å². The van der Waals surface area contributed by atoms with Gasteiger partial charge in [-0.15, -0.1) is 0 Å². The van der Waals surface area contributed by atoms with Crippen molar-refractivity contribution in [2.45, 2.75) is 65.5 Å². The first-order valence-electron chi connectivity index (χ1n) is 6.78. The lowest BCUT2D eigenvalue weighted by Gasteiger charge is -2.21. The summed E-state index contributed by atoms with van der Waals surface area (Å²) in [6.45, 7) is 10.1. The number of hydrogen-bond donors (Lipinski definition) is 2. The molecule has 5 heteroatoms. The number of ether oxygens (including phenoxy) is 1. The summed E-state index contributed by atoms with van der Waals surface area (Å²) >= 11 is 0. The quantitative estimate of drug-likeness (QED) is 0.711. The number of aliphatic carboxylic acids is 1. The molecule has 0 aromatic rings. The molecule has 0 fully saturated rings. The van der Waals surface area contributed by atoms with Crippen LogP contribution in [0.15, 0.2) is 0 Å². The molecule has 0 spiro atoms. The van der Waals surface area contributed by atoms with Crippen LogP contribution in [-0.2, 0) is 14.3 Å². The van der Waals surface area contributed by atoms with Crippen LogP contribution in [0, 0.1) is 5.92 Å². The highest BCUT2D eigenvalue weighted by Gasteiger charge is 2.21. The minimum absolute atomic E-state index is 0.211. The molecule has 0 aliphatic rings. The van der Waals surface area contributed by atoms with Gasteiger partial charge in [0, 0.05) is 19.4 Å². The minimum atomic E-state index is -1.02. The molecule has 19 heavy (non-hydrogen) atoms. The molecule has 0 rings (SSSR count). The van der Waals surface area contributed by atoms with Crippen molar-refractivity contribution in [2.24, 2.45) is 5.92 Å². The van der Waals surface area contributed by atoms with Gasteiger partial charge in [0.15, 0.2) is 0 Å². The summed E-state index contributed by atoms with van der Waals surface area (Å²) in [5.74, 6) is -0.800. The molecule has 0 aliphatic heterocycles. The number of carbonyl (C=O) groups excluding carboxylic acids is 1. The summed E-state index contributed by atoms with van der Waals surface area (Å²) in [6.07, 6.45) is 1.40. The summed E-state index contributed by atoms with van der Waals surface area (Å²) < 4.78 is 5.48. The molecular weight excluding hydrogens is 246 g/mol. The second kappa shape index (κ2) is 8.15. The highest BCUT2D eigenvalue weighted by Crippen LogP contribution is 2.08. The zero-order valence-electron chi connectivity index (χ0n) is 12.7. The Bertz CT molecular complexity index is 294. The molecule has 0 radical (unpaired) electrons. The monoisotopic (exact) mass is 273 g/mol. The molecule has 1 unspecified atom stereocenters. The number of rotatable bonds is 8. The molecule has 1 atom stereocenters. The third-order valence-corrected chi connectivity index (χ3v) is 2.52. The van der Waals surface area contributed by atoms with E-state index in [0.717, 1.165) is 6.42 Å². The van der Waals surface area contributed by atoms with Crippen LogP contribution < -0.4 is 5.32 Å². The van der Waals surface area contributed by atoms with Crippen LogP contribution in [0.3, 0.4) is 0 Å². The maximum Gasteiger partial charge on any atom is 0.326 e. The van der Waals surface area contributed by atoms with Crippen molar-refractivity contribution in [1.82, 2.24) is 5.32 Å². The van der Waals surface area contributed by atoms with E-state index < -0.39 is 12.0 Å². The first-order chi connectivity index (χ1) is 8.61. The Morgan fingerprint density at radius 2 is 1.79 bits per heavy atom. The fourth-order valence-electron chi connectivity index (χ4n) is 1.43. The zero-order chi connectivity index (χ0) is 15.1. The summed E-state index contributed by atoms with van der Waals surface area (Å²) in [4.78, 5) is 22.7. The second-order valence-electron chi connectivity index (χ2n) is 6.14. The molecule has 0 bridgehead atoms. The van der Waals surface area contributed by atoms with Crippen molar-refractivity contribution in [2.75, 3.05) is 6.61 Å².